The summed E-state index contributed by atoms with van der Waals surface area (Å²) < 4.78 is 0. The van der Waals surface area contributed by atoms with Crippen molar-refractivity contribution in [2.24, 2.45) is 45.3 Å². The predicted molar refractivity (Wildman–Crippen MR) is 110 cm³/mol. The van der Waals surface area contributed by atoms with Crippen molar-refractivity contribution in [1.82, 2.24) is 0 Å². The molecule has 7 atom stereocenters. The van der Waals surface area contributed by atoms with Gasteiger partial charge in [0.05, 0.1) is 5.92 Å². The summed E-state index contributed by atoms with van der Waals surface area (Å²) in [6, 6.07) is 0. The van der Waals surface area contributed by atoms with E-state index in [2.05, 4.69) is 27.7 Å². The Morgan fingerprint density at radius 2 is 1.61 bits per heavy atom. The molecule has 0 bridgehead atoms. The van der Waals surface area contributed by atoms with Gasteiger partial charge in [0, 0.05) is 11.8 Å². The molecule has 0 heterocycles. The number of allylic oxidation sites excluding steroid dienone is 2. The first-order valence-electron chi connectivity index (χ1n) is 11.2. The van der Waals surface area contributed by atoms with Crippen molar-refractivity contribution in [3.63, 3.8) is 0 Å². The molecule has 0 saturated heterocycles. The van der Waals surface area contributed by atoms with Gasteiger partial charge in [0.2, 0.25) is 0 Å². The molecule has 0 unspecified atom stereocenters. The lowest BCUT2D eigenvalue weighted by Gasteiger charge is -2.68. The van der Waals surface area contributed by atoms with E-state index in [1.165, 1.54) is 25.7 Å². The average molecular weight is 385 g/mol. The van der Waals surface area contributed by atoms with Crippen LogP contribution in [0, 0.1) is 45.3 Å². The van der Waals surface area contributed by atoms with E-state index in [1.807, 2.05) is 13.0 Å². The quantitative estimate of drug-likeness (QED) is 0.617. The first kappa shape index (κ1) is 20.0. The van der Waals surface area contributed by atoms with E-state index in [-0.39, 0.29) is 22.5 Å². The SMILES string of the molecule is CC1(C)CCC[C@]2(C)[C@H]3CC(=O)[C@]4(C)[C@H](C=O)C(C=O)=CC[C@H]4[C@]3(C)CC[C@@H]12. The van der Waals surface area contributed by atoms with Gasteiger partial charge in [-0.1, -0.05) is 47.1 Å². The van der Waals surface area contributed by atoms with Crippen molar-refractivity contribution in [2.45, 2.75) is 79.6 Å². The molecule has 4 aliphatic carbocycles. The molecular weight excluding hydrogens is 348 g/mol. The minimum Gasteiger partial charge on any atom is -0.303 e. The molecule has 3 nitrogen and oxygen atoms in total. The molecule has 4 rings (SSSR count). The number of rotatable bonds is 2. The normalized spacial score (nSPS) is 49.9. The highest BCUT2D eigenvalue weighted by molar-refractivity contribution is 5.94. The summed E-state index contributed by atoms with van der Waals surface area (Å²) in [6.07, 6.45) is 11.0. The minimum absolute atomic E-state index is 0.0491. The molecule has 0 spiro atoms. The second kappa shape index (κ2) is 6.12. The van der Waals surface area contributed by atoms with Gasteiger partial charge in [-0.3, -0.25) is 9.59 Å². The van der Waals surface area contributed by atoms with Crippen molar-refractivity contribution in [3.8, 4) is 0 Å². The molecule has 3 saturated carbocycles. The van der Waals surface area contributed by atoms with Crippen LogP contribution in [0.15, 0.2) is 11.6 Å². The van der Waals surface area contributed by atoms with Crippen LogP contribution >= 0.6 is 0 Å². The van der Waals surface area contributed by atoms with Gasteiger partial charge >= 0.3 is 0 Å². The summed E-state index contributed by atoms with van der Waals surface area (Å²) in [7, 11) is 0. The third-order valence-corrected chi connectivity index (χ3v) is 10.2. The highest BCUT2D eigenvalue weighted by atomic mass is 16.1. The second-order valence-electron chi connectivity index (χ2n) is 11.6. The standard InChI is InChI=1S/C25H36O3/c1-22(2)10-6-11-23(3)18(22)9-12-24(4)19-8-7-16(14-26)17(15-27)25(19,5)21(28)13-20(23)24/h7,14-15,17-20H,6,8-13H2,1-5H3/t17-,18+,19+,20-,23+,24+,25-/m1/s1. The number of carbonyl (C=O) groups is 3. The summed E-state index contributed by atoms with van der Waals surface area (Å²) in [5.41, 5.74) is 0.360. The first-order valence-corrected chi connectivity index (χ1v) is 11.2. The van der Waals surface area contributed by atoms with Gasteiger partial charge in [0.15, 0.2) is 0 Å². The van der Waals surface area contributed by atoms with E-state index in [1.54, 1.807) is 0 Å². The van der Waals surface area contributed by atoms with Gasteiger partial charge in [-0.15, -0.1) is 0 Å². The van der Waals surface area contributed by atoms with Crippen LogP contribution in [0.3, 0.4) is 0 Å². The maximum Gasteiger partial charge on any atom is 0.146 e. The van der Waals surface area contributed by atoms with Crippen molar-refractivity contribution in [2.75, 3.05) is 0 Å². The summed E-state index contributed by atoms with van der Waals surface area (Å²) in [5.74, 6) is 0.822. The van der Waals surface area contributed by atoms with Crippen LogP contribution in [-0.2, 0) is 14.4 Å². The molecule has 0 aromatic heterocycles. The molecule has 0 N–H and O–H groups in total. The monoisotopic (exact) mass is 384 g/mol. The smallest absolute Gasteiger partial charge is 0.146 e. The first-order chi connectivity index (χ1) is 13.1. The van der Waals surface area contributed by atoms with Crippen LogP contribution in [0.25, 0.3) is 0 Å². The fraction of sp³-hybridized carbons (Fsp3) is 0.800. The summed E-state index contributed by atoms with van der Waals surface area (Å²) >= 11 is 0. The van der Waals surface area contributed by atoms with Gasteiger partial charge in [0.1, 0.15) is 18.4 Å². The van der Waals surface area contributed by atoms with E-state index in [4.69, 9.17) is 0 Å². The number of Topliss-reactive ketones (excluding diaryl/α,β-unsaturated/α-hetero) is 1. The van der Waals surface area contributed by atoms with Crippen LogP contribution in [-0.4, -0.2) is 18.4 Å². The van der Waals surface area contributed by atoms with Gasteiger partial charge in [-0.2, -0.15) is 0 Å². The molecule has 28 heavy (non-hydrogen) atoms. The zero-order valence-corrected chi connectivity index (χ0v) is 18.2. The molecule has 0 aliphatic heterocycles. The van der Waals surface area contributed by atoms with E-state index >= 15 is 0 Å². The molecule has 3 heteroatoms. The van der Waals surface area contributed by atoms with Crippen LogP contribution in [0.1, 0.15) is 79.6 Å². The predicted octanol–water partition coefficient (Wildman–Crippen LogP) is 5.17. The van der Waals surface area contributed by atoms with Crippen molar-refractivity contribution >= 4 is 18.4 Å². The number of ketones is 1. The van der Waals surface area contributed by atoms with E-state index in [0.29, 0.717) is 29.2 Å². The molecular formula is C25H36O3. The Kier molecular flexibility index (Phi) is 4.38. The lowest BCUT2D eigenvalue weighted by molar-refractivity contribution is -0.198. The fourth-order valence-electron chi connectivity index (χ4n) is 8.83. The largest absolute Gasteiger partial charge is 0.303 e. The zero-order chi connectivity index (χ0) is 20.5. The molecule has 3 fully saturated rings. The fourth-order valence-corrected chi connectivity index (χ4v) is 8.83. The Balaban J connectivity index is 1.82. The van der Waals surface area contributed by atoms with Crippen molar-refractivity contribution in [1.29, 1.82) is 0 Å². The Morgan fingerprint density at radius 1 is 0.929 bits per heavy atom. The number of aldehydes is 2. The van der Waals surface area contributed by atoms with Crippen LogP contribution in [0.4, 0.5) is 0 Å². The third-order valence-electron chi connectivity index (χ3n) is 10.2. The van der Waals surface area contributed by atoms with E-state index in [0.717, 1.165) is 25.4 Å². The second-order valence-corrected chi connectivity index (χ2v) is 11.6. The van der Waals surface area contributed by atoms with Crippen LogP contribution in [0.2, 0.25) is 0 Å². The van der Waals surface area contributed by atoms with Gasteiger partial charge in [-0.05, 0) is 71.7 Å². The third kappa shape index (κ3) is 2.31. The number of hydrogen-bond donors (Lipinski definition) is 0. The minimum atomic E-state index is -0.731. The number of carbonyl (C=O) groups excluding carboxylic acids is 3. The maximum atomic E-state index is 13.7. The summed E-state index contributed by atoms with van der Waals surface area (Å²) in [6.45, 7) is 11.7. The number of fused-ring (bicyclic) bond motifs is 5. The Morgan fingerprint density at radius 3 is 2.25 bits per heavy atom. The van der Waals surface area contributed by atoms with Crippen LogP contribution in [0.5, 0.6) is 0 Å². The molecule has 154 valence electrons. The van der Waals surface area contributed by atoms with Gasteiger partial charge in [-0.25, -0.2) is 0 Å². The van der Waals surface area contributed by atoms with E-state index < -0.39 is 11.3 Å². The Labute approximate surface area is 169 Å². The molecule has 0 radical (unpaired) electrons. The van der Waals surface area contributed by atoms with Gasteiger partial charge in [0.25, 0.3) is 0 Å². The number of hydrogen-bond acceptors (Lipinski definition) is 3. The average Bonchev–Trinajstić information content (AvgIpc) is 2.62. The summed E-state index contributed by atoms with van der Waals surface area (Å²) in [4.78, 5) is 37.3. The molecule has 0 aromatic rings. The lowest BCUT2D eigenvalue weighted by atomic mass is 9.35. The Hall–Kier alpha value is -1.25. The zero-order valence-electron chi connectivity index (χ0n) is 18.2. The molecule has 0 amide bonds. The lowest BCUT2D eigenvalue weighted by Crippen LogP contribution is -2.65. The van der Waals surface area contributed by atoms with E-state index in [9.17, 15) is 14.4 Å². The summed E-state index contributed by atoms with van der Waals surface area (Å²) in [5, 5.41) is 0. The highest BCUT2D eigenvalue weighted by Crippen LogP contribution is 2.72. The van der Waals surface area contributed by atoms with Crippen molar-refractivity contribution < 1.29 is 14.4 Å². The van der Waals surface area contributed by atoms with Crippen LogP contribution < -0.4 is 0 Å². The van der Waals surface area contributed by atoms with Crippen molar-refractivity contribution in [3.05, 3.63) is 11.6 Å². The maximum absolute atomic E-state index is 13.7. The molecule has 0 aromatic carbocycles. The Bertz CT molecular complexity index is 749. The van der Waals surface area contributed by atoms with Gasteiger partial charge < -0.3 is 4.79 Å². The highest BCUT2D eigenvalue weighted by Gasteiger charge is 2.68. The molecule has 4 aliphatic rings. The topological polar surface area (TPSA) is 51.2 Å².